The van der Waals surface area contributed by atoms with Crippen molar-refractivity contribution in [1.82, 2.24) is 19.4 Å². The average molecular weight is 584 g/mol. The number of thiophene rings is 1. The predicted octanol–water partition coefficient (Wildman–Crippen LogP) is 4.74. The van der Waals surface area contributed by atoms with E-state index in [0.29, 0.717) is 38.5 Å². The molecule has 0 unspecified atom stereocenters. The van der Waals surface area contributed by atoms with Crippen molar-refractivity contribution in [2.24, 2.45) is 0 Å². The number of piperazine rings is 1. The maximum Gasteiger partial charge on any atom is 0.416 e. The van der Waals surface area contributed by atoms with Crippen LogP contribution in [0.4, 0.5) is 18.9 Å². The van der Waals surface area contributed by atoms with E-state index in [-0.39, 0.29) is 5.56 Å². The van der Waals surface area contributed by atoms with Crippen LogP contribution in [0.25, 0.3) is 10.2 Å². The monoisotopic (exact) mass is 583 g/mol. The van der Waals surface area contributed by atoms with Crippen LogP contribution in [0.5, 0.6) is 5.75 Å². The molecule has 2 aliphatic rings. The second-order valence-corrected chi connectivity index (χ2v) is 11.6. The Morgan fingerprint density at radius 3 is 2.49 bits per heavy atom. The molecular formula is C30H32F3N5O2S. The number of para-hydroxylation sites is 1. The van der Waals surface area contributed by atoms with Crippen LogP contribution < -0.4 is 15.2 Å². The molecule has 0 bridgehead atoms. The van der Waals surface area contributed by atoms with Gasteiger partial charge in [-0.1, -0.05) is 24.3 Å². The van der Waals surface area contributed by atoms with Gasteiger partial charge in [-0.2, -0.15) is 13.2 Å². The summed E-state index contributed by atoms with van der Waals surface area (Å²) in [6, 6.07) is 15.3. The average Bonchev–Trinajstić information content (AvgIpc) is 3.36. The summed E-state index contributed by atoms with van der Waals surface area (Å²) in [5, 5.41) is 0.752. The molecule has 1 fully saturated rings. The number of hydrogen-bond donors (Lipinski definition) is 0. The van der Waals surface area contributed by atoms with Crippen molar-refractivity contribution in [3.8, 4) is 5.75 Å². The van der Waals surface area contributed by atoms with Crippen molar-refractivity contribution in [3.63, 3.8) is 0 Å². The zero-order valence-corrected chi connectivity index (χ0v) is 23.5. The van der Waals surface area contributed by atoms with Gasteiger partial charge in [-0.3, -0.25) is 19.2 Å². The first-order valence-corrected chi connectivity index (χ1v) is 14.7. The normalized spacial score (nSPS) is 16.7. The van der Waals surface area contributed by atoms with E-state index in [0.717, 1.165) is 66.7 Å². The van der Waals surface area contributed by atoms with Gasteiger partial charge in [0.2, 0.25) is 0 Å². The third kappa shape index (κ3) is 6.27. The maximum absolute atomic E-state index is 13.5. The Bertz CT molecular complexity index is 1550. The molecule has 0 atom stereocenters. The lowest BCUT2D eigenvalue weighted by Crippen LogP contribution is -2.47. The minimum atomic E-state index is -4.35. The zero-order valence-electron chi connectivity index (χ0n) is 22.6. The number of ether oxygens (including phenoxy) is 1. The van der Waals surface area contributed by atoms with E-state index in [9.17, 15) is 18.0 Å². The van der Waals surface area contributed by atoms with Crippen molar-refractivity contribution in [2.75, 3.05) is 57.3 Å². The molecule has 0 radical (unpaired) electrons. The van der Waals surface area contributed by atoms with Gasteiger partial charge in [0, 0.05) is 69.5 Å². The van der Waals surface area contributed by atoms with Crippen LogP contribution in [0.3, 0.4) is 0 Å². The summed E-state index contributed by atoms with van der Waals surface area (Å²) in [6.45, 7) is 7.04. The fourth-order valence-corrected chi connectivity index (χ4v) is 6.81. The van der Waals surface area contributed by atoms with Gasteiger partial charge in [-0.25, -0.2) is 4.98 Å². The van der Waals surface area contributed by atoms with E-state index in [2.05, 4.69) is 14.8 Å². The molecule has 0 aliphatic carbocycles. The smallest absolute Gasteiger partial charge is 0.416 e. The van der Waals surface area contributed by atoms with Crippen molar-refractivity contribution in [3.05, 3.63) is 87.3 Å². The van der Waals surface area contributed by atoms with Gasteiger partial charge in [-0.15, -0.1) is 11.3 Å². The van der Waals surface area contributed by atoms with E-state index in [4.69, 9.17) is 4.74 Å². The Morgan fingerprint density at radius 1 is 0.902 bits per heavy atom. The minimum absolute atomic E-state index is 0.0102. The van der Waals surface area contributed by atoms with E-state index in [1.54, 1.807) is 28.3 Å². The van der Waals surface area contributed by atoms with Crippen molar-refractivity contribution < 1.29 is 17.9 Å². The molecule has 0 saturated carbocycles. The molecule has 41 heavy (non-hydrogen) atoms. The minimum Gasteiger partial charge on any atom is -0.492 e. The molecule has 0 amide bonds. The number of halogens is 3. The Kier molecular flexibility index (Phi) is 8.01. The van der Waals surface area contributed by atoms with E-state index in [1.807, 2.05) is 35.2 Å². The molecule has 6 rings (SSSR count). The van der Waals surface area contributed by atoms with Gasteiger partial charge < -0.3 is 9.64 Å². The fourth-order valence-electron chi connectivity index (χ4n) is 5.59. The Labute approximate surface area is 240 Å². The van der Waals surface area contributed by atoms with Crippen LogP contribution in [0.1, 0.15) is 16.0 Å². The fraction of sp³-hybridized carbons (Fsp3) is 0.400. The second kappa shape index (κ2) is 11.8. The van der Waals surface area contributed by atoms with E-state index in [1.165, 1.54) is 17.0 Å². The molecule has 2 aromatic heterocycles. The number of rotatable bonds is 8. The van der Waals surface area contributed by atoms with Crippen LogP contribution in [-0.4, -0.2) is 71.8 Å². The number of benzene rings is 2. The molecule has 0 N–H and O–H groups in total. The molecule has 2 aliphatic heterocycles. The number of nitrogens with zero attached hydrogens (tertiary/aromatic N) is 5. The third-order valence-electron chi connectivity index (χ3n) is 7.89. The lowest BCUT2D eigenvalue weighted by Gasteiger charge is -2.36. The SMILES string of the molecule is O=c1c2c3c(sc2ncn1CCN1CCN(c2cccc(C(F)(F)F)c2)CC1)CN(CCOc1ccccc1)CC3. The Balaban J connectivity index is 1.04. The first kappa shape index (κ1) is 27.7. The predicted molar refractivity (Wildman–Crippen MR) is 155 cm³/mol. The lowest BCUT2D eigenvalue weighted by atomic mass is 10.1. The number of fused-ring (bicyclic) bond motifs is 3. The molecule has 0 spiro atoms. The van der Waals surface area contributed by atoms with Gasteiger partial charge in [0.05, 0.1) is 17.3 Å². The highest BCUT2D eigenvalue weighted by molar-refractivity contribution is 7.18. The van der Waals surface area contributed by atoms with Gasteiger partial charge >= 0.3 is 6.18 Å². The lowest BCUT2D eigenvalue weighted by molar-refractivity contribution is -0.137. The van der Waals surface area contributed by atoms with Gasteiger partial charge in [0.25, 0.3) is 5.56 Å². The summed E-state index contributed by atoms with van der Waals surface area (Å²) in [5.41, 5.74) is 1.11. The largest absolute Gasteiger partial charge is 0.492 e. The Morgan fingerprint density at radius 2 is 1.71 bits per heavy atom. The molecular weight excluding hydrogens is 551 g/mol. The van der Waals surface area contributed by atoms with E-state index < -0.39 is 11.7 Å². The topological polar surface area (TPSA) is 53.8 Å². The molecule has 11 heteroatoms. The molecule has 1 saturated heterocycles. The van der Waals surface area contributed by atoms with Crippen LogP contribution >= 0.6 is 11.3 Å². The van der Waals surface area contributed by atoms with Crippen molar-refractivity contribution >= 4 is 27.2 Å². The highest BCUT2D eigenvalue weighted by atomic mass is 32.1. The molecule has 2 aromatic carbocycles. The number of anilines is 1. The summed E-state index contributed by atoms with van der Waals surface area (Å²) >= 11 is 1.61. The standard InChI is InChI=1S/C30H32F3N5O2S/c31-30(32,33)22-5-4-6-23(19-22)37-14-11-35(12-15-37)13-16-38-21-34-28-27(29(38)39)25-9-10-36(20-26(25)41-28)17-18-40-24-7-2-1-3-8-24/h1-8,19,21H,9-18,20H2. The van der Waals surface area contributed by atoms with Crippen LogP contribution in [-0.2, 0) is 25.7 Å². The highest BCUT2D eigenvalue weighted by Crippen LogP contribution is 2.33. The van der Waals surface area contributed by atoms with Gasteiger partial charge in [-0.05, 0) is 42.3 Å². The first-order chi connectivity index (χ1) is 19.8. The zero-order chi connectivity index (χ0) is 28.4. The third-order valence-corrected chi connectivity index (χ3v) is 9.02. The summed E-state index contributed by atoms with van der Waals surface area (Å²) in [7, 11) is 0. The Hall–Kier alpha value is -3.41. The van der Waals surface area contributed by atoms with E-state index >= 15 is 0 Å². The molecule has 4 heterocycles. The van der Waals surface area contributed by atoms with Crippen molar-refractivity contribution in [2.45, 2.75) is 25.7 Å². The number of hydrogen-bond acceptors (Lipinski definition) is 7. The first-order valence-electron chi connectivity index (χ1n) is 13.9. The van der Waals surface area contributed by atoms with Gasteiger partial charge in [0.1, 0.15) is 17.2 Å². The number of aromatic nitrogens is 2. The van der Waals surface area contributed by atoms with Crippen LogP contribution in [0.2, 0.25) is 0 Å². The quantitative estimate of drug-likeness (QED) is 0.299. The highest BCUT2D eigenvalue weighted by Gasteiger charge is 2.31. The summed E-state index contributed by atoms with van der Waals surface area (Å²) in [6.07, 6.45) is -1.88. The maximum atomic E-state index is 13.5. The molecule has 216 valence electrons. The summed E-state index contributed by atoms with van der Waals surface area (Å²) in [4.78, 5) is 26.7. The van der Waals surface area contributed by atoms with Crippen molar-refractivity contribution in [1.29, 1.82) is 0 Å². The van der Waals surface area contributed by atoms with Crippen LogP contribution in [0, 0.1) is 0 Å². The molecule has 7 nitrogen and oxygen atoms in total. The van der Waals surface area contributed by atoms with Crippen LogP contribution in [0.15, 0.2) is 65.7 Å². The van der Waals surface area contributed by atoms with Gasteiger partial charge in [0.15, 0.2) is 0 Å². The number of alkyl halides is 3. The molecule has 4 aromatic rings. The summed E-state index contributed by atoms with van der Waals surface area (Å²) < 4.78 is 46.9. The second-order valence-electron chi connectivity index (χ2n) is 10.5. The summed E-state index contributed by atoms with van der Waals surface area (Å²) in [5.74, 6) is 0.870.